The Kier molecular flexibility index (Phi) is 4.19. The number of hydrogen-bond acceptors (Lipinski definition) is 3. The van der Waals surface area contributed by atoms with E-state index < -0.39 is 33.2 Å². The Labute approximate surface area is 118 Å². The molecule has 112 valence electrons. The van der Waals surface area contributed by atoms with Crippen molar-refractivity contribution in [3.8, 4) is 0 Å². The lowest BCUT2D eigenvalue weighted by Crippen LogP contribution is -2.14. The van der Waals surface area contributed by atoms with E-state index in [1.165, 1.54) is 24.3 Å². The molecule has 0 aliphatic carbocycles. The van der Waals surface area contributed by atoms with Gasteiger partial charge in [-0.05, 0) is 17.7 Å². The minimum atomic E-state index is -4.19. The third-order valence-electron chi connectivity index (χ3n) is 2.65. The maximum atomic E-state index is 13.4. The zero-order chi connectivity index (χ0) is 15.6. The van der Waals surface area contributed by atoms with Gasteiger partial charge in [-0.1, -0.05) is 12.1 Å². The minimum Gasteiger partial charge on any atom is -0.392 e. The summed E-state index contributed by atoms with van der Waals surface area (Å²) in [6.45, 7) is -0.372. The molecule has 8 heteroatoms. The first kappa shape index (κ1) is 15.3. The molecule has 2 rings (SSSR count). The molecule has 0 aromatic heterocycles. The van der Waals surface area contributed by atoms with Gasteiger partial charge in [0.2, 0.25) is 0 Å². The van der Waals surface area contributed by atoms with Gasteiger partial charge in [0, 0.05) is 12.1 Å². The van der Waals surface area contributed by atoms with Crippen molar-refractivity contribution in [1.82, 2.24) is 0 Å². The van der Waals surface area contributed by atoms with Gasteiger partial charge in [0.15, 0.2) is 11.6 Å². The van der Waals surface area contributed by atoms with Crippen LogP contribution in [0.4, 0.5) is 18.9 Å². The van der Waals surface area contributed by atoms with E-state index in [0.717, 1.165) is 0 Å². The fourth-order valence-electron chi connectivity index (χ4n) is 1.62. The van der Waals surface area contributed by atoms with Crippen molar-refractivity contribution in [1.29, 1.82) is 0 Å². The van der Waals surface area contributed by atoms with Crippen molar-refractivity contribution >= 4 is 15.7 Å². The molecule has 2 aromatic carbocycles. The fraction of sp³-hybridized carbons (Fsp3) is 0.0769. The quantitative estimate of drug-likeness (QED) is 0.851. The van der Waals surface area contributed by atoms with Crippen LogP contribution in [0.2, 0.25) is 0 Å². The lowest BCUT2D eigenvalue weighted by atomic mass is 10.2. The Morgan fingerprint density at radius 1 is 1.00 bits per heavy atom. The number of sulfonamides is 1. The molecule has 2 N–H and O–H groups in total. The van der Waals surface area contributed by atoms with Crippen LogP contribution in [0.3, 0.4) is 0 Å². The summed E-state index contributed by atoms with van der Waals surface area (Å²) in [7, 11) is -4.19. The lowest BCUT2D eigenvalue weighted by Gasteiger charge is -2.10. The van der Waals surface area contributed by atoms with Crippen LogP contribution in [-0.2, 0) is 16.6 Å². The molecule has 0 unspecified atom stereocenters. The number of hydrogen-bond donors (Lipinski definition) is 2. The minimum absolute atomic E-state index is 0.238. The predicted octanol–water partition coefficient (Wildman–Crippen LogP) is 2.40. The van der Waals surface area contributed by atoms with E-state index in [-0.39, 0.29) is 17.6 Å². The molecule has 0 atom stereocenters. The van der Waals surface area contributed by atoms with Crippen LogP contribution in [0.5, 0.6) is 0 Å². The first-order chi connectivity index (χ1) is 9.83. The first-order valence-electron chi connectivity index (χ1n) is 5.70. The zero-order valence-corrected chi connectivity index (χ0v) is 11.3. The molecule has 0 spiro atoms. The highest BCUT2D eigenvalue weighted by molar-refractivity contribution is 7.92. The van der Waals surface area contributed by atoms with Crippen molar-refractivity contribution in [2.75, 3.05) is 4.72 Å². The molecule has 0 fully saturated rings. The molecule has 0 amide bonds. The monoisotopic (exact) mass is 317 g/mol. The first-order valence-corrected chi connectivity index (χ1v) is 7.19. The van der Waals surface area contributed by atoms with Crippen molar-refractivity contribution in [3.05, 3.63) is 59.4 Å². The summed E-state index contributed by atoms with van der Waals surface area (Å²) in [5.74, 6) is -4.04. The molecular formula is C13H10F3NO3S. The van der Waals surface area contributed by atoms with Crippen LogP contribution in [0.25, 0.3) is 0 Å². The molecule has 2 aromatic rings. The Bertz CT molecular complexity index is 778. The number of aliphatic hydroxyl groups is 1. The van der Waals surface area contributed by atoms with E-state index in [1.54, 1.807) is 0 Å². The lowest BCUT2D eigenvalue weighted by molar-refractivity contribution is 0.281. The summed E-state index contributed by atoms with van der Waals surface area (Å²) < 4.78 is 65.2. The standard InChI is InChI=1S/C13H10F3NO3S/c14-10-5-12(16)13(6-11(10)15)17-21(19,20)9-3-1-2-8(4-9)7-18/h1-6,17-18H,7H2. The predicted molar refractivity (Wildman–Crippen MR) is 69.5 cm³/mol. The van der Waals surface area contributed by atoms with Gasteiger partial charge in [-0.3, -0.25) is 4.72 Å². The van der Waals surface area contributed by atoms with E-state index >= 15 is 0 Å². The van der Waals surface area contributed by atoms with Gasteiger partial charge in [0.25, 0.3) is 10.0 Å². The summed E-state index contributed by atoms with van der Waals surface area (Å²) in [5, 5.41) is 8.96. The molecule has 21 heavy (non-hydrogen) atoms. The Morgan fingerprint density at radius 2 is 1.67 bits per heavy atom. The summed E-state index contributed by atoms with van der Waals surface area (Å²) in [4.78, 5) is -0.238. The summed E-state index contributed by atoms with van der Waals surface area (Å²) in [6, 6.07) is 5.95. The zero-order valence-electron chi connectivity index (χ0n) is 10.5. The average Bonchev–Trinajstić information content (AvgIpc) is 2.44. The number of halogens is 3. The maximum Gasteiger partial charge on any atom is 0.261 e. The van der Waals surface area contributed by atoms with Crippen LogP contribution < -0.4 is 4.72 Å². The summed E-state index contributed by atoms with van der Waals surface area (Å²) in [5.41, 5.74) is -0.369. The van der Waals surface area contributed by atoms with Crippen molar-refractivity contribution in [2.24, 2.45) is 0 Å². The Morgan fingerprint density at radius 3 is 2.33 bits per heavy atom. The summed E-state index contributed by atoms with van der Waals surface area (Å²) in [6.07, 6.45) is 0. The van der Waals surface area contributed by atoms with Crippen LogP contribution in [0.1, 0.15) is 5.56 Å². The third kappa shape index (κ3) is 3.34. The van der Waals surface area contributed by atoms with Crippen molar-refractivity contribution in [3.63, 3.8) is 0 Å². The van der Waals surface area contributed by atoms with Gasteiger partial charge in [-0.2, -0.15) is 0 Å². The van der Waals surface area contributed by atoms with Gasteiger partial charge in [0.05, 0.1) is 17.2 Å². The van der Waals surface area contributed by atoms with E-state index in [4.69, 9.17) is 5.11 Å². The second kappa shape index (κ2) is 5.74. The van der Waals surface area contributed by atoms with Crippen molar-refractivity contribution < 1.29 is 26.7 Å². The van der Waals surface area contributed by atoms with Gasteiger partial charge in [0.1, 0.15) is 5.82 Å². The largest absolute Gasteiger partial charge is 0.392 e. The van der Waals surface area contributed by atoms with Crippen molar-refractivity contribution in [2.45, 2.75) is 11.5 Å². The number of nitrogens with one attached hydrogen (secondary N) is 1. The molecule has 0 aliphatic rings. The second-order valence-corrected chi connectivity index (χ2v) is 5.84. The van der Waals surface area contributed by atoms with E-state index in [0.29, 0.717) is 11.6 Å². The van der Waals surface area contributed by atoms with Crippen LogP contribution in [0.15, 0.2) is 41.3 Å². The molecule has 0 saturated carbocycles. The highest BCUT2D eigenvalue weighted by Gasteiger charge is 2.18. The average molecular weight is 317 g/mol. The van der Waals surface area contributed by atoms with Crippen LogP contribution >= 0.6 is 0 Å². The number of aliphatic hydroxyl groups excluding tert-OH is 1. The highest BCUT2D eigenvalue weighted by atomic mass is 32.2. The van der Waals surface area contributed by atoms with Gasteiger partial charge >= 0.3 is 0 Å². The highest BCUT2D eigenvalue weighted by Crippen LogP contribution is 2.22. The van der Waals surface area contributed by atoms with Gasteiger partial charge in [-0.15, -0.1) is 0 Å². The summed E-state index contributed by atoms with van der Waals surface area (Å²) >= 11 is 0. The second-order valence-electron chi connectivity index (χ2n) is 4.16. The smallest absolute Gasteiger partial charge is 0.261 e. The van der Waals surface area contributed by atoms with Gasteiger partial charge in [-0.25, -0.2) is 21.6 Å². The molecule has 0 radical (unpaired) electrons. The molecule has 0 heterocycles. The number of rotatable bonds is 4. The topological polar surface area (TPSA) is 66.4 Å². The Hall–Kier alpha value is -2.06. The SMILES string of the molecule is O=S(=O)(Nc1cc(F)c(F)cc1F)c1cccc(CO)c1. The third-order valence-corrected chi connectivity index (χ3v) is 4.01. The molecule has 0 bridgehead atoms. The molecule has 0 saturated heterocycles. The van der Waals surface area contributed by atoms with E-state index in [9.17, 15) is 21.6 Å². The van der Waals surface area contributed by atoms with Crippen LogP contribution in [0, 0.1) is 17.5 Å². The maximum absolute atomic E-state index is 13.4. The fourth-order valence-corrected chi connectivity index (χ4v) is 2.74. The van der Waals surface area contributed by atoms with Gasteiger partial charge < -0.3 is 5.11 Å². The Balaban J connectivity index is 2.39. The molecule has 0 aliphatic heterocycles. The van der Waals surface area contributed by atoms with E-state index in [1.807, 2.05) is 4.72 Å². The number of benzene rings is 2. The van der Waals surface area contributed by atoms with E-state index in [2.05, 4.69) is 0 Å². The molecular weight excluding hydrogens is 307 g/mol. The number of anilines is 1. The molecule has 4 nitrogen and oxygen atoms in total. The van der Waals surface area contributed by atoms with Crippen LogP contribution in [-0.4, -0.2) is 13.5 Å². The normalized spacial score (nSPS) is 11.4.